The van der Waals surface area contributed by atoms with Crippen molar-refractivity contribution in [2.24, 2.45) is 0 Å². The van der Waals surface area contributed by atoms with Crippen molar-refractivity contribution in [1.82, 2.24) is 10.2 Å². The first-order valence-electron chi connectivity index (χ1n) is 6.76. The third-order valence-electron chi connectivity index (χ3n) is 3.59. The highest BCUT2D eigenvalue weighted by atomic mass is 16.5. The molecule has 0 amide bonds. The van der Waals surface area contributed by atoms with Crippen molar-refractivity contribution in [2.75, 3.05) is 47.1 Å². The standard InChI is InChI=1S/C13H28N2O2/c1-12-11-13(14-2)5-7-15(12)6-4-8-17-10-9-16-3/h12-14H,4-11H2,1-3H3. The molecule has 0 aromatic carbocycles. The Bertz CT molecular complexity index is 190. The van der Waals surface area contributed by atoms with Crippen LogP contribution in [0.25, 0.3) is 0 Å². The molecule has 1 rings (SSSR count). The number of likely N-dealkylation sites (tertiary alicyclic amines) is 1. The van der Waals surface area contributed by atoms with Gasteiger partial charge in [0, 0.05) is 32.3 Å². The summed E-state index contributed by atoms with van der Waals surface area (Å²) in [4.78, 5) is 2.58. The summed E-state index contributed by atoms with van der Waals surface area (Å²) in [5.41, 5.74) is 0. The lowest BCUT2D eigenvalue weighted by Gasteiger charge is -2.37. The van der Waals surface area contributed by atoms with Gasteiger partial charge in [0.05, 0.1) is 13.2 Å². The van der Waals surface area contributed by atoms with E-state index in [0.717, 1.165) is 19.6 Å². The molecule has 2 unspecified atom stereocenters. The molecule has 102 valence electrons. The Morgan fingerprint density at radius 2 is 2.12 bits per heavy atom. The van der Waals surface area contributed by atoms with E-state index in [0.29, 0.717) is 25.3 Å². The van der Waals surface area contributed by atoms with Crippen molar-refractivity contribution in [3.05, 3.63) is 0 Å². The smallest absolute Gasteiger partial charge is 0.0700 e. The van der Waals surface area contributed by atoms with Crippen LogP contribution in [0.4, 0.5) is 0 Å². The molecule has 2 atom stereocenters. The molecule has 0 saturated carbocycles. The van der Waals surface area contributed by atoms with Gasteiger partial charge in [0.25, 0.3) is 0 Å². The van der Waals surface area contributed by atoms with E-state index in [1.165, 1.54) is 19.4 Å². The predicted molar refractivity (Wildman–Crippen MR) is 70.4 cm³/mol. The second-order valence-electron chi connectivity index (χ2n) is 4.85. The molecule has 0 aromatic rings. The lowest BCUT2D eigenvalue weighted by molar-refractivity contribution is 0.0590. The Labute approximate surface area is 106 Å². The van der Waals surface area contributed by atoms with E-state index in [1.54, 1.807) is 7.11 Å². The SMILES string of the molecule is CNC1CCN(CCCOCCOC)C(C)C1. The summed E-state index contributed by atoms with van der Waals surface area (Å²) in [5, 5.41) is 3.38. The van der Waals surface area contributed by atoms with E-state index in [4.69, 9.17) is 9.47 Å². The van der Waals surface area contributed by atoms with Gasteiger partial charge in [0.2, 0.25) is 0 Å². The summed E-state index contributed by atoms with van der Waals surface area (Å²) < 4.78 is 10.4. The van der Waals surface area contributed by atoms with Crippen molar-refractivity contribution in [1.29, 1.82) is 0 Å². The fraction of sp³-hybridized carbons (Fsp3) is 1.00. The molecule has 1 N–H and O–H groups in total. The molecule has 17 heavy (non-hydrogen) atoms. The van der Waals surface area contributed by atoms with E-state index in [9.17, 15) is 0 Å². The van der Waals surface area contributed by atoms with Crippen molar-refractivity contribution in [3.8, 4) is 0 Å². The molecular weight excluding hydrogens is 216 g/mol. The number of piperidine rings is 1. The number of rotatable bonds is 8. The summed E-state index contributed by atoms with van der Waals surface area (Å²) in [7, 11) is 3.77. The van der Waals surface area contributed by atoms with Crippen molar-refractivity contribution in [2.45, 2.75) is 38.3 Å². The maximum atomic E-state index is 5.48. The molecule has 1 saturated heterocycles. The normalized spacial score (nSPS) is 26.3. The van der Waals surface area contributed by atoms with Gasteiger partial charge in [-0.15, -0.1) is 0 Å². The van der Waals surface area contributed by atoms with Gasteiger partial charge in [-0.2, -0.15) is 0 Å². The molecule has 4 heteroatoms. The Morgan fingerprint density at radius 3 is 2.76 bits per heavy atom. The summed E-state index contributed by atoms with van der Waals surface area (Å²) in [6, 6.07) is 1.40. The Morgan fingerprint density at radius 1 is 1.29 bits per heavy atom. The van der Waals surface area contributed by atoms with Gasteiger partial charge in [-0.25, -0.2) is 0 Å². The summed E-state index contributed by atoms with van der Waals surface area (Å²) in [6.45, 7) is 6.96. The first-order chi connectivity index (χ1) is 8.27. The average molecular weight is 244 g/mol. The number of methoxy groups -OCH3 is 1. The Balaban J connectivity index is 2.03. The number of hydrogen-bond acceptors (Lipinski definition) is 4. The minimum atomic E-state index is 0.695. The second kappa shape index (κ2) is 8.86. The van der Waals surface area contributed by atoms with Crippen LogP contribution in [-0.2, 0) is 9.47 Å². The summed E-state index contributed by atoms with van der Waals surface area (Å²) in [6.07, 6.45) is 3.66. The van der Waals surface area contributed by atoms with Gasteiger partial charge < -0.3 is 19.7 Å². The van der Waals surface area contributed by atoms with Crippen molar-refractivity contribution >= 4 is 0 Å². The summed E-state index contributed by atoms with van der Waals surface area (Å²) in [5.74, 6) is 0. The Hall–Kier alpha value is -0.160. The molecule has 1 heterocycles. The summed E-state index contributed by atoms with van der Waals surface area (Å²) >= 11 is 0. The Kier molecular flexibility index (Phi) is 7.77. The van der Waals surface area contributed by atoms with E-state index < -0.39 is 0 Å². The molecule has 4 nitrogen and oxygen atoms in total. The van der Waals surface area contributed by atoms with E-state index in [1.807, 2.05) is 0 Å². The second-order valence-corrected chi connectivity index (χ2v) is 4.85. The fourth-order valence-electron chi connectivity index (χ4n) is 2.43. The van der Waals surface area contributed by atoms with Crippen molar-refractivity contribution in [3.63, 3.8) is 0 Å². The molecule has 0 spiro atoms. The quantitative estimate of drug-likeness (QED) is 0.649. The molecule has 0 radical (unpaired) electrons. The molecule has 0 aliphatic carbocycles. The average Bonchev–Trinajstić information content (AvgIpc) is 2.35. The number of hydrogen-bond donors (Lipinski definition) is 1. The molecular formula is C13H28N2O2. The zero-order chi connectivity index (χ0) is 12.5. The van der Waals surface area contributed by atoms with Gasteiger partial charge >= 0.3 is 0 Å². The van der Waals surface area contributed by atoms with E-state index in [-0.39, 0.29) is 0 Å². The van der Waals surface area contributed by atoms with Crippen LogP contribution < -0.4 is 5.32 Å². The van der Waals surface area contributed by atoms with Crippen LogP contribution in [0.2, 0.25) is 0 Å². The lowest BCUT2D eigenvalue weighted by Crippen LogP contribution is -2.46. The zero-order valence-corrected chi connectivity index (χ0v) is 11.6. The molecule has 1 aliphatic rings. The number of nitrogens with zero attached hydrogens (tertiary/aromatic N) is 1. The van der Waals surface area contributed by atoms with E-state index in [2.05, 4.69) is 24.2 Å². The van der Waals surface area contributed by atoms with Gasteiger partial charge in [-0.1, -0.05) is 0 Å². The fourth-order valence-corrected chi connectivity index (χ4v) is 2.43. The number of nitrogens with one attached hydrogen (secondary N) is 1. The first-order valence-corrected chi connectivity index (χ1v) is 6.76. The topological polar surface area (TPSA) is 33.7 Å². The maximum absolute atomic E-state index is 5.48. The van der Waals surface area contributed by atoms with Gasteiger partial charge in [-0.05, 0) is 39.8 Å². The maximum Gasteiger partial charge on any atom is 0.0700 e. The minimum absolute atomic E-state index is 0.695. The zero-order valence-electron chi connectivity index (χ0n) is 11.6. The largest absolute Gasteiger partial charge is 0.382 e. The minimum Gasteiger partial charge on any atom is -0.382 e. The molecule has 1 aliphatic heterocycles. The highest BCUT2D eigenvalue weighted by molar-refractivity contribution is 4.81. The van der Waals surface area contributed by atoms with Crippen molar-refractivity contribution < 1.29 is 9.47 Å². The highest BCUT2D eigenvalue weighted by Gasteiger charge is 2.23. The van der Waals surface area contributed by atoms with Crippen LogP contribution >= 0.6 is 0 Å². The predicted octanol–water partition coefficient (Wildman–Crippen LogP) is 1.11. The van der Waals surface area contributed by atoms with Gasteiger partial charge in [0.1, 0.15) is 0 Å². The van der Waals surface area contributed by atoms with Crippen LogP contribution in [0.1, 0.15) is 26.2 Å². The lowest BCUT2D eigenvalue weighted by atomic mass is 9.98. The van der Waals surface area contributed by atoms with E-state index >= 15 is 0 Å². The van der Waals surface area contributed by atoms with Crippen LogP contribution in [0.5, 0.6) is 0 Å². The third kappa shape index (κ3) is 5.82. The first kappa shape index (κ1) is 14.9. The monoisotopic (exact) mass is 244 g/mol. The molecule has 0 aromatic heterocycles. The highest BCUT2D eigenvalue weighted by Crippen LogP contribution is 2.17. The van der Waals surface area contributed by atoms with Crippen LogP contribution in [0.15, 0.2) is 0 Å². The molecule has 0 bridgehead atoms. The van der Waals surface area contributed by atoms with Gasteiger partial charge in [-0.3, -0.25) is 0 Å². The molecule has 1 fully saturated rings. The van der Waals surface area contributed by atoms with Crippen LogP contribution in [-0.4, -0.2) is 64.1 Å². The van der Waals surface area contributed by atoms with Gasteiger partial charge in [0.15, 0.2) is 0 Å². The van der Waals surface area contributed by atoms with Crippen LogP contribution in [0, 0.1) is 0 Å². The number of ether oxygens (including phenoxy) is 2. The third-order valence-corrected chi connectivity index (χ3v) is 3.59. The van der Waals surface area contributed by atoms with Crippen LogP contribution in [0.3, 0.4) is 0 Å².